The van der Waals surface area contributed by atoms with Gasteiger partial charge in [-0.15, -0.1) is 0 Å². The molecule has 0 aliphatic carbocycles. The molecule has 0 saturated carbocycles. The average Bonchev–Trinajstić information content (AvgIpc) is 2.85. The van der Waals surface area contributed by atoms with Crippen LogP contribution in [0.25, 0.3) is 0 Å². The van der Waals surface area contributed by atoms with Crippen LogP contribution in [0, 0.1) is 0 Å². The molecule has 7 nitrogen and oxygen atoms in total. The number of carbonyl (C=O) groups excluding carboxylic acids is 2. The fourth-order valence-corrected chi connectivity index (χ4v) is 2.17. The number of hydrogen-bond acceptors (Lipinski definition) is 4. The number of anilines is 1. The maximum Gasteiger partial charge on any atom is 0.249 e. The maximum atomic E-state index is 12.4. The van der Waals surface area contributed by atoms with E-state index in [1.807, 2.05) is 6.92 Å². The number of amides is 2. The van der Waals surface area contributed by atoms with E-state index in [1.165, 1.54) is 0 Å². The Hall–Kier alpha value is -1.89. The van der Waals surface area contributed by atoms with Gasteiger partial charge in [-0.2, -0.15) is 5.10 Å². The minimum absolute atomic E-state index is 0.0790. The number of hydrogen-bond donors (Lipinski definition) is 1. The predicted molar refractivity (Wildman–Crippen MR) is 73.3 cm³/mol. The molecule has 110 valence electrons. The highest BCUT2D eigenvalue weighted by Crippen LogP contribution is 2.17. The molecule has 0 spiro atoms. The summed E-state index contributed by atoms with van der Waals surface area (Å²) in [5.41, 5.74) is 0.723. The summed E-state index contributed by atoms with van der Waals surface area (Å²) in [6.45, 7) is 3.46. The van der Waals surface area contributed by atoms with Gasteiger partial charge in [0.25, 0.3) is 0 Å². The Morgan fingerprint density at radius 3 is 3.00 bits per heavy atom. The zero-order valence-electron chi connectivity index (χ0n) is 11.8. The molecule has 7 heteroatoms. The van der Waals surface area contributed by atoms with E-state index in [-0.39, 0.29) is 11.8 Å². The molecule has 1 saturated heterocycles. The highest BCUT2D eigenvalue weighted by molar-refractivity contribution is 6.01. The van der Waals surface area contributed by atoms with Crippen LogP contribution in [0.4, 0.5) is 5.69 Å². The topological polar surface area (TPSA) is 76.5 Å². The molecule has 1 fully saturated rings. The molecule has 1 atom stereocenters. The molecule has 2 amide bonds. The Bertz CT molecular complexity index is 486. The first kappa shape index (κ1) is 14.5. The van der Waals surface area contributed by atoms with Gasteiger partial charge in [0.15, 0.2) is 0 Å². The van der Waals surface area contributed by atoms with Crippen LogP contribution in [0.2, 0.25) is 0 Å². The molecule has 0 bridgehead atoms. The van der Waals surface area contributed by atoms with Crippen LogP contribution < -0.4 is 10.2 Å². The van der Waals surface area contributed by atoms with Crippen molar-refractivity contribution in [3.8, 4) is 0 Å². The SMILES string of the molecule is CCC1NC(=O)CCN(c2cnn(CCOC)c2)C1=O. The smallest absolute Gasteiger partial charge is 0.249 e. The van der Waals surface area contributed by atoms with Crippen molar-refractivity contribution in [2.24, 2.45) is 0 Å². The summed E-state index contributed by atoms with van der Waals surface area (Å²) in [4.78, 5) is 25.6. The van der Waals surface area contributed by atoms with Gasteiger partial charge in [0.1, 0.15) is 6.04 Å². The van der Waals surface area contributed by atoms with Crippen molar-refractivity contribution in [1.29, 1.82) is 0 Å². The fraction of sp³-hybridized carbons (Fsp3) is 0.615. The lowest BCUT2D eigenvalue weighted by Crippen LogP contribution is -2.44. The van der Waals surface area contributed by atoms with Gasteiger partial charge in [-0.25, -0.2) is 0 Å². The molecule has 1 N–H and O–H groups in total. The lowest BCUT2D eigenvalue weighted by Gasteiger charge is -2.21. The van der Waals surface area contributed by atoms with Crippen LogP contribution in [0.1, 0.15) is 19.8 Å². The second kappa shape index (κ2) is 6.51. The van der Waals surface area contributed by atoms with Crippen molar-refractivity contribution in [2.45, 2.75) is 32.4 Å². The molecule has 1 aliphatic rings. The van der Waals surface area contributed by atoms with E-state index in [2.05, 4.69) is 10.4 Å². The summed E-state index contributed by atoms with van der Waals surface area (Å²) in [6.07, 6.45) is 4.35. The van der Waals surface area contributed by atoms with Crippen molar-refractivity contribution in [2.75, 3.05) is 25.2 Å². The summed E-state index contributed by atoms with van der Waals surface area (Å²) in [7, 11) is 1.63. The first-order chi connectivity index (χ1) is 9.65. The van der Waals surface area contributed by atoms with E-state index in [0.29, 0.717) is 32.5 Å². The second-order valence-corrected chi connectivity index (χ2v) is 4.72. The number of nitrogens with zero attached hydrogens (tertiary/aromatic N) is 3. The maximum absolute atomic E-state index is 12.4. The van der Waals surface area contributed by atoms with Crippen LogP contribution in [0.3, 0.4) is 0 Å². The first-order valence-electron chi connectivity index (χ1n) is 6.77. The lowest BCUT2D eigenvalue weighted by atomic mass is 10.2. The third kappa shape index (κ3) is 3.16. The van der Waals surface area contributed by atoms with Crippen LogP contribution in [0.15, 0.2) is 12.4 Å². The third-order valence-corrected chi connectivity index (χ3v) is 3.33. The standard InChI is InChI=1S/C13H20N4O3/c1-3-11-13(19)17(5-4-12(18)15-11)10-8-14-16(9-10)6-7-20-2/h8-9,11H,3-7H2,1-2H3,(H,15,18). The largest absolute Gasteiger partial charge is 0.383 e. The van der Waals surface area contributed by atoms with E-state index in [9.17, 15) is 9.59 Å². The van der Waals surface area contributed by atoms with Gasteiger partial charge in [-0.1, -0.05) is 6.92 Å². The number of carbonyl (C=O) groups is 2. The predicted octanol–water partition coefficient (Wildman–Crippen LogP) is 0.161. The molecule has 1 aromatic rings. The molecular formula is C13H20N4O3. The van der Waals surface area contributed by atoms with Gasteiger partial charge in [-0.05, 0) is 6.42 Å². The lowest BCUT2D eigenvalue weighted by molar-refractivity contribution is -0.125. The van der Waals surface area contributed by atoms with E-state index in [0.717, 1.165) is 5.69 Å². The minimum atomic E-state index is -0.452. The van der Waals surface area contributed by atoms with E-state index in [4.69, 9.17) is 4.74 Å². The highest BCUT2D eigenvalue weighted by atomic mass is 16.5. The van der Waals surface area contributed by atoms with Gasteiger partial charge < -0.3 is 15.0 Å². The van der Waals surface area contributed by atoms with Crippen molar-refractivity contribution >= 4 is 17.5 Å². The molecule has 0 radical (unpaired) electrons. The molecule has 20 heavy (non-hydrogen) atoms. The zero-order valence-corrected chi connectivity index (χ0v) is 11.8. The van der Waals surface area contributed by atoms with Crippen LogP contribution in [-0.2, 0) is 20.9 Å². The van der Waals surface area contributed by atoms with Crippen molar-refractivity contribution < 1.29 is 14.3 Å². The second-order valence-electron chi connectivity index (χ2n) is 4.72. The van der Waals surface area contributed by atoms with Gasteiger partial charge >= 0.3 is 0 Å². The normalized spacial score (nSPS) is 19.9. The Morgan fingerprint density at radius 2 is 2.30 bits per heavy atom. The summed E-state index contributed by atoms with van der Waals surface area (Å²) < 4.78 is 6.72. The van der Waals surface area contributed by atoms with E-state index in [1.54, 1.807) is 29.1 Å². The van der Waals surface area contributed by atoms with Gasteiger partial charge in [0.05, 0.1) is 25.0 Å². The van der Waals surface area contributed by atoms with Crippen LogP contribution in [-0.4, -0.2) is 47.9 Å². The van der Waals surface area contributed by atoms with Crippen molar-refractivity contribution in [1.82, 2.24) is 15.1 Å². The molecular weight excluding hydrogens is 260 g/mol. The Labute approximate surface area is 117 Å². The van der Waals surface area contributed by atoms with Crippen molar-refractivity contribution in [3.63, 3.8) is 0 Å². The minimum Gasteiger partial charge on any atom is -0.383 e. The number of rotatable bonds is 5. The van der Waals surface area contributed by atoms with Gasteiger partial charge in [0.2, 0.25) is 11.8 Å². The first-order valence-corrected chi connectivity index (χ1v) is 6.77. The van der Waals surface area contributed by atoms with Crippen molar-refractivity contribution in [3.05, 3.63) is 12.4 Å². The molecule has 1 aliphatic heterocycles. The zero-order chi connectivity index (χ0) is 14.5. The van der Waals surface area contributed by atoms with Gasteiger partial charge in [-0.3, -0.25) is 14.3 Å². The molecule has 1 unspecified atom stereocenters. The summed E-state index contributed by atoms with van der Waals surface area (Å²) in [6, 6.07) is -0.452. The molecule has 2 heterocycles. The van der Waals surface area contributed by atoms with E-state index < -0.39 is 6.04 Å². The Morgan fingerprint density at radius 1 is 1.50 bits per heavy atom. The Balaban J connectivity index is 2.14. The summed E-state index contributed by atoms with van der Waals surface area (Å²) in [5, 5.41) is 6.94. The number of aromatic nitrogens is 2. The number of ether oxygens (including phenoxy) is 1. The van der Waals surface area contributed by atoms with Crippen LogP contribution >= 0.6 is 0 Å². The quantitative estimate of drug-likeness (QED) is 0.833. The summed E-state index contributed by atoms with van der Waals surface area (Å²) >= 11 is 0. The van der Waals surface area contributed by atoms with E-state index >= 15 is 0 Å². The summed E-state index contributed by atoms with van der Waals surface area (Å²) in [5.74, 6) is -0.163. The number of methoxy groups -OCH3 is 1. The van der Waals surface area contributed by atoms with Gasteiger partial charge in [0, 0.05) is 26.3 Å². The molecule has 0 aromatic carbocycles. The monoisotopic (exact) mass is 280 g/mol. The molecule has 2 rings (SSSR count). The third-order valence-electron chi connectivity index (χ3n) is 3.33. The number of nitrogens with one attached hydrogen (secondary N) is 1. The van der Waals surface area contributed by atoms with Crippen LogP contribution in [0.5, 0.6) is 0 Å². The highest BCUT2D eigenvalue weighted by Gasteiger charge is 2.29. The molecule has 1 aromatic heterocycles. The average molecular weight is 280 g/mol. The fourth-order valence-electron chi connectivity index (χ4n) is 2.17. The Kier molecular flexibility index (Phi) is 4.73.